The Hall–Kier alpha value is -3.69. The largest absolute Gasteiger partial charge is 0.354 e. The molecule has 3 amide bonds. The molecule has 35 heavy (non-hydrogen) atoms. The van der Waals surface area contributed by atoms with Gasteiger partial charge in [0.05, 0.1) is 5.02 Å². The van der Waals surface area contributed by atoms with Crippen LogP contribution in [0.1, 0.15) is 17.3 Å². The normalized spacial score (nSPS) is 14.7. The number of anilines is 3. The smallest absolute Gasteiger partial charge is 0.319 e. The van der Waals surface area contributed by atoms with Crippen molar-refractivity contribution in [2.75, 3.05) is 48.3 Å². The Kier molecular flexibility index (Phi) is 8.12. The number of benzene rings is 1. The summed E-state index contributed by atoms with van der Waals surface area (Å²) in [4.78, 5) is 38.1. The number of rotatable bonds is 7. The minimum absolute atomic E-state index is 0.0427. The fraction of sp³-hybridized carbons (Fsp3) is 0.280. The highest BCUT2D eigenvalue weighted by molar-refractivity contribution is 6.30. The van der Waals surface area contributed by atoms with Gasteiger partial charge in [-0.15, -0.1) is 0 Å². The van der Waals surface area contributed by atoms with E-state index in [4.69, 9.17) is 11.6 Å². The Labute approximate surface area is 209 Å². The van der Waals surface area contributed by atoms with Crippen LogP contribution in [0.15, 0.2) is 67.0 Å². The van der Waals surface area contributed by atoms with Crippen LogP contribution in [0.5, 0.6) is 0 Å². The number of urea groups is 1. The van der Waals surface area contributed by atoms with Crippen LogP contribution in [0.4, 0.5) is 22.1 Å². The summed E-state index contributed by atoms with van der Waals surface area (Å²) in [6, 6.07) is 15.6. The predicted octanol–water partition coefficient (Wildman–Crippen LogP) is 3.71. The fourth-order valence-electron chi connectivity index (χ4n) is 3.90. The Bertz CT molecular complexity index is 1140. The molecule has 0 spiro atoms. The number of hydrogen-bond acceptors (Lipinski definition) is 6. The summed E-state index contributed by atoms with van der Waals surface area (Å²) in [7, 11) is 0. The van der Waals surface area contributed by atoms with Crippen LogP contribution in [0, 0.1) is 0 Å². The first-order valence-corrected chi connectivity index (χ1v) is 11.8. The van der Waals surface area contributed by atoms with Crippen molar-refractivity contribution in [3.8, 4) is 0 Å². The van der Waals surface area contributed by atoms with E-state index in [1.54, 1.807) is 36.4 Å². The van der Waals surface area contributed by atoms with Crippen LogP contribution in [0.2, 0.25) is 5.02 Å². The van der Waals surface area contributed by atoms with Crippen molar-refractivity contribution in [1.29, 1.82) is 0 Å². The average Bonchev–Trinajstić information content (AvgIpc) is 2.86. The van der Waals surface area contributed by atoms with E-state index in [-0.39, 0.29) is 18.0 Å². The first-order chi connectivity index (χ1) is 17.0. The number of hydrogen-bond donors (Lipinski definition) is 3. The molecule has 4 rings (SSSR count). The number of nitrogens with zero attached hydrogens (tertiary/aromatic N) is 4. The number of piperazine rings is 1. The van der Waals surface area contributed by atoms with E-state index in [1.165, 1.54) is 6.20 Å². The van der Waals surface area contributed by atoms with Crippen molar-refractivity contribution >= 4 is 40.9 Å². The molecule has 2 aromatic heterocycles. The van der Waals surface area contributed by atoms with E-state index in [0.29, 0.717) is 22.1 Å². The van der Waals surface area contributed by atoms with Gasteiger partial charge in [-0.25, -0.2) is 14.8 Å². The van der Waals surface area contributed by atoms with Gasteiger partial charge in [0, 0.05) is 62.4 Å². The number of halogens is 1. The predicted molar refractivity (Wildman–Crippen MR) is 138 cm³/mol. The molecular formula is C25H28ClN7O2. The lowest BCUT2D eigenvalue weighted by Crippen LogP contribution is -2.51. The van der Waals surface area contributed by atoms with E-state index in [1.807, 2.05) is 31.3 Å². The molecule has 1 aliphatic rings. The summed E-state index contributed by atoms with van der Waals surface area (Å²) in [6.07, 6.45) is 3.27. The van der Waals surface area contributed by atoms with Gasteiger partial charge in [0.25, 0.3) is 5.91 Å². The molecule has 0 aliphatic carbocycles. The molecule has 182 valence electrons. The first-order valence-electron chi connectivity index (χ1n) is 11.4. The third-order valence-corrected chi connectivity index (χ3v) is 5.83. The highest BCUT2D eigenvalue weighted by Crippen LogP contribution is 2.15. The molecule has 0 saturated carbocycles. The van der Waals surface area contributed by atoms with Gasteiger partial charge in [-0.2, -0.15) is 0 Å². The maximum atomic E-state index is 12.5. The molecule has 0 bridgehead atoms. The summed E-state index contributed by atoms with van der Waals surface area (Å²) < 4.78 is 0. The molecule has 1 fully saturated rings. The number of carbonyl (C=O) groups excluding carboxylic acids is 2. The Morgan fingerprint density at radius 1 is 1.00 bits per heavy atom. The number of pyridine rings is 2. The molecule has 3 aromatic rings. The van der Waals surface area contributed by atoms with Gasteiger partial charge >= 0.3 is 6.03 Å². The van der Waals surface area contributed by atoms with Crippen LogP contribution in [-0.2, 0) is 0 Å². The van der Waals surface area contributed by atoms with E-state index in [9.17, 15) is 9.59 Å². The van der Waals surface area contributed by atoms with Crippen molar-refractivity contribution < 1.29 is 9.59 Å². The summed E-state index contributed by atoms with van der Waals surface area (Å²) in [6.45, 7) is 6.34. The summed E-state index contributed by atoms with van der Waals surface area (Å²) >= 11 is 5.83. The van der Waals surface area contributed by atoms with E-state index < -0.39 is 0 Å². The van der Waals surface area contributed by atoms with Gasteiger partial charge in [-0.3, -0.25) is 9.69 Å². The molecule has 1 saturated heterocycles. The second-order valence-corrected chi connectivity index (χ2v) is 8.81. The number of aromatic nitrogens is 2. The van der Waals surface area contributed by atoms with Gasteiger partial charge in [0.15, 0.2) is 0 Å². The highest BCUT2D eigenvalue weighted by Gasteiger charge is 2.20. The van der Waals surface area contributed by atoms with Gasteiger partial charge in [0.1, 0.15) is 11.6 Å². The third-order valence-electron chi connectivity index (χ3n) is 5.61. The van der Waals surface area contributed by atoms with Crippen LogP contribution in [0.25, 0.3) is 0 Å². The monoisotopic (exact) mass is 493 g/mol. The molecule has 9 nitrogen and oxygen atoms in total. The topological polar surface area (TPSA) is 102 Å². The van der Waals surface area contributed by atoms with Gasteiger partial charge in [0.2, 0.25) is 0 Å². The molecular weight excluding hydrogens is 466 g/mol. The number of amides is 3. The molecule has 0 radical (unpaired) electrons. The minimum atomic E-state index is -0.331. The lowest BCUT2D eigenvalue weighted by molar-refractivity contribution is 0.102. The Balaban J connectivity index is 1.23. The lowest BCUT2D eigenvalue weighted by Gasteiger charge is -2.36. The second-order valence-electron chi connectivity index (χ2n) is 8.37. The summed E-state index contributed by atoms with van der Waals surface area (Å²) in [5, 5.41) is 8.97. The minimum Gasteiger partial charge on any atom is -0.354 e. The molecule has 3 N–H and O–H groups in total. The zero-order chi connectivity index (χ0) is 24.6. The molecule has 10 heteroatoms. The summed E-state index contributed by atoms with van der Waals surface area (Å²) in [5.41, 5.74) is 0.925. The van der Waals surface area contributed by atoms with Crippen molar-refractivity contribution in [1.82, 2.24) is 20.2 Å². The molecule has 1 aliphatic heterocycles. The maximum absolute atomic E-state index is 12.5. The second kappa shape index (κ2) is 11.6. The number of carbonyl (C=O) groups is 2. The molecule has 1 unspecified atom stereocenters. The lowest BCUT2D eigenvalue weighted by atomic mass is 10.2. The van der Waals surface area contributed by atoms with Crippen molar-refractivity contribution in [3.63, 3.8) is 0 Å². The molecule has 3 heterocycles. The highest BCUT2D eigenvalue weighted by atomic mass is 35.5. The maximum Gasteiger partial charge on any atom is 0.319 e. The zero-order valence-corrected chi connectivity index (χ0v) is 20.2. The molecule has 1 aromatic carbocycles. The fourth-order valence-corrected chi connectivity index (χ4v) is 4.01. The SMILES string of the molecule is CC(CN1CCN(c2ccccn2)CC1)NC(=O)Nc1cccc(C(=O)Nc2ccc(Cl)cn2)c1. The average molecular weight is 494 g/mol. The van der Waals surface area contributed by atoms with Crippen LogP contribution < -0.4 is 20.9 Å². The van der Waals surface area contributed by atoms with E-state index in [2.05, 4.69) is 35.7 Å². The standard InChI is InChI=1S/C25H28ClN7O2/c1-18(17-32-11-13-33(14-12-32)23-7-2-3-10-27-23)29-25(35)30-21-6-4-5-19(15-21)24(34)31-22-9-8-20(26)16-28-22/h2-10,15-16,18H,11-14,17H2,1H3,(H,28,31,34)(H2,29,30,35). The van der Waals surface area contributed by atoms with Crippen LogP contribution in [0.3, 0.4) is 0 Å². The summed E-state index contributed by atoms with van der Waals surface area (Å²) in [5.74, 6) is 1.06. The quantitative estimate of drug-likeness (QED) is 0.463. The Morgan fingerprint density at radius 2 is 1.83 bits per heavy atom. The van der Waals surface area contributed by atoms with Gasteiger partial charge in [-0.05, 0) is 49.4 Å². The van der Waals surface area contributed by atoms with Crippen molar-refractivity contribution in [2.24, 2.45) is 0 Å². The van der Waals surface area contributed by atoms with Crippen LogP contribution >= 0.6 is 11.6 Å². The zero-order valence-electron chi connectivity index (χ0n) is 19.4. The number of nitrogens with one attached hydrogen (secondary N) is 3. The van der Waals surface area contributed by atoms with Crippen molar-refractivity contribution in [3.05, 3.63) is 77.6 Å². The van der Waals surface area contributed by atoms with E-state index >= 15 is 0 Å². The third kappa shape index (κ3) is 7.14. The molecule has 1 atom stereocenters. The Morgan fingerprint density at radius 3 is 2.54 bits per heavy atom. The van der Waals surface area contributed by atoms with Gasteiger partial charge in [-0.1, -0.05) is 23.7 Å². The first kappa shape index (κ1) is 24.4. The van der Waals surface area contributed by atoms with E-state index in [0.717, 1.165) is 38.5 Å². The van der Waals surface area contributed by atoms with Crippen LogP contribution in [-0.4, -0.2) is 65.6 Å². The van der Waals surface area contributed by atoms with Gasteiger partial charge < -0.3 is 20.9 Å². The van der Waals surface area contributed by atoms with Crippen molar-refractivity contribution in [2.45, 2.75) is 13.0 Å².